The molecular weight excluding hydrogens is 316 g/mol. The van der Waals surface area contributed by atoms with E-state index in [4.69, 9.17) is 0 Å². The van der Waals surface area contributed by atoms with Crippen molar-refractivity contribution in [2.75, 3.05) is 12.3 Å². The van der Waals surface area contributed by atoms with Gasteiger partial charge in [0.1, 0.15) is 0 Å². The summed E-state index contributed by atoms with van der Waals surface area (Å²) in [5.74, 6) is 0.726. The van der Waals surface area contributed by atoms with Gasteiger partial charge in [0.05, 0.1) is 16.3 Å². The Morgan fingerprint density at radius 2 is 1.79 bits per heavy atom. The Morgan fingerprint density at radius 3 is 2.62 bits per heavy atom. The molecule has 0 aliphatic heterocycles. The normalized spacial score (nSPS) is 12.0. The molecular formula is C20H20N2OS. The van der Waals surface area contributed by atoms with Crippen LogP contribution in [0, 0.1) is 0 Å². The summed E-state index contributed by atoms with van der Waals surface area (Å²) in [5, 5.41) is 4.99. The molecule has 0 unspecified atom stereocenters. The quantitative estimate of drug-likeness (QED) is 0.684. The summed E-state index contributed by atoms with van der Waals surface area (Å²) in [4.78, 5) is 16.6. The molecule has 1 aromatic heterocycles. The van der Waals surface area contributed by atoms with Gasteiger partial charge >= 0.3 is 0 Å². The van der Waals surface area contributed by atoms with Gasteiger partial charge in [-0.2, -0.15) is 0 Å². The number of rotatable bonds is 6. The predicted octanol–water partition coefficient (Wildman–Crippen LogP) is 4.25. The van der Waals surface area contributed by atoms with E-state index >= 15 is 0 Å². The van der Waals surface area contributed by atoms with Crippen molar-refractivity contribution < 1.29 is 4.79 Å². The van der Waals surface area contributed by atoms with Crippen molar-refractivity contribution in [1.29, 1.82) is 0 Å². The van der Waals surface area contributed by atoms with Crippen LogP contribution in [0.3, 0.4) is 0 Å². The Morgan fingerprint density at radius 1 is 1.04 bits per heavy atom. The number of nitrogens with zero attached hydrogens (tertiary/aromatic N) is 1. The maximum absolute atomic E-state index is 12.1. The molecule has 3 aromatic rings. The summed E-state index contributed by atoms with van der Waals surface area (Å²) in [5.41, 5.74) is 2.20. The van der Waals surface area contributed by atoms with E-state index in [1.165, 1.54) is 17.3 Å². The minimum atomic E-state index is 0.0396. The van der Waals surface area contributed by atoms with Gasteiger partial charge in [0.25, 0.3) is 0 Å². The molecule has 24 heavy (non-hydrogen) atoms. The van der Waals surface area contributed by atoms with E-state index in [0.29, 0.717) is 18.2 Å². The lowest BCUT2D eigenvalue weighted by molar-refractivity contribution is -0.118. The number of para-hydroxylation sites is 1. The van der Waals surface area contributed by atoms with E-state index in [1.54, 1.807) is 0 Å². The van der Waals surface area contributed by atoms with Crippen molar-refractivity contribution in [2.45, 2.75) is 17.9 Å². The van der Waals surface area contributed by atoms with Crippen molar-refractivity contribution in [1.82, 2.24) is 10.3 Å². The summed E-state index contributed by atoms with van der Waals surface area (Å²) in [7, 11) is 0. The lowest BCUT2D eigenvalue weighted by Crippen LogP contribution is -2.29. The van der Waals surface area contributed by atoms with Crippen molar-refractivity contribution in [3.63, 3.8) is 0 Å². The Hall–Kier alpha value is -2.33. The van der Waals surface area contributed by atoms with Crippen LogP contribution in [0.5, 0.6) is 0 Å². The van der Waals surface area contributed by atoms with Gasteiger partial charge in [0.15, 0.2) is 0 Å². The molecule has 4 heteroatoms. The van der Waals surface area contributed by atoms with Gasteiger partial charge in [0, 0.05) is 11.9 Å². The number of thioether (sulfide) groups is 1. The first-order valence-electron chi connectivity index (χ1n) is 8.02. The fraction of sp³-hybridized carbons (Fsp3) is 0.200. The first-order valence-corrected chi connectivity index (χ1v) is 9.01. The van der Waals surface area contributed by atoms with Gasteiger partial charge in [0.2, 0.25) is 5.91 Å². The second-order valence-electron chi connectivity index (χ2n) is 5.75. The monoisotopic (exact) mass is 336 g/mol. The van der Waals surface area contributed by atoms with Crippen LogP contribution >= 0.6 is 11.8 Å². The van der Waals surface area contributed by atoms with Gasteiger partial charge in [-0.1, -0.05) is 73.3 Å². The molecule has 0 aliphatic carbocycles. The SMILES string of the molecule is C[C@@H](CNC(=O)CSc1ccc2ccccc2n1)c1ccccc1. The third-order valence-electron chi connectivity index (χ3n) is 3.90. The maximum Gasteiger partial charge on any atom is 0.230 e. The first kappa shape index (κ1) is 16.5. The fourth-order valence-electron chi connectivity index (χ4n) is 2.48. The third kappa shape index (κ3) is 4.36. The highest BCUT2D eigenvalue weighted by molar-refractivity contribution is 7.99. The third-order valence-corrected chi connectivity index (χ3v) is 4.83. The average molecular weight is 336 g/mol. The number of aromatic nitrogens is 1. The molecule has 0 spiro atoms. The number of hydrogen-bond acceptors (Lipinski definition) is 3. The smallest absolute Gasteiger partial charge is 0.230 e. The maximum atomic E-state index is 12.1. The molecule has 0 saturated carbocycles. The fourth-order valence-corrected chi connectivity index (χ4v) is 3.19. The van der Waals surface area contributed by atoms with Crippen LogP contribution in [0.25, 0.3) is 10.9 Å². The number of fused-ring (bicyclic) bond motifs is 1. The van der Waals surface area contributed by atoms with Crippen molar-refractivity contribution in [3.05, 3.63) is 72.3 Å². The Kier molecular flexibility index (Phi) is 5.49. The van der Waals surface area contributed by atoms with E-state index in [0.717, 1.165) is 15.9 Å². The lowest BCUT2D eigenvalue weighted by Gasteiger charge is -2.13. The predicted molar refractivity (Wildman–Crippen MR) is 100 cm³/mol. The van der Waals surface area contributed by atoms with E-state index in [1.807, 2.05) is 54.6 Å². The van der Waals surface area contributed by atoms with Crippen LogP contribution in [0.1, 0.15) is 18.4 Å². The molecule has 0 aliphatic rings. The summed E-state index contributed by atoms with van der Waals surface area (Å²) in [6.45, 7) is 2.77. The molecule has 0 fully saturated rings. The summed E-state index contributed by atoms with van der Waals surface area (Å²) >= 11 is 1.47. The van der Waals surface area contributed by atoms with Crippen LogP contribution in [0.2, 0.25) is 0 Å². The van der Waals surface area contributed by atoms with Crippen LogP contribution in [-0.4, -0.2) is 23.2 Å². The summed E-state index contributed by atoms with van der Waals surface area (Å²) < 4.78 is 0. The van der Waals surface area contributed by atoms with E-state index in [2.05, 4.69) is 29.4 Å². The minimum absolute atomic E-state index is 0.0396. The number of hydrogen-bond donors (Lipinski definition) is 1. The lowest BCUT2D eigenvalue weighted by atomic mass is 10.0. The summed E-state index contributed by atoms with van der Waals surface area (Å²) in [6, 6.07) is 22.2. The van der Waals surface area contributed by atoms with E-state index in [9.17, 15) is 4.79 Å². The molecule has 122 valence electrons. The van der Waals surface area contributed by atoms with Gasteiger partial charge in [-0.25, -0.2) is 4.98 Å². The zero-order valence-electron chi connectivity index (χ0n) is 13.6. The highest BCUT2D eigenvalue weighted by Gasteiger charge is 2.08. The van der Waals surface area contributed by atoms with Gasteiger partial charge in [-0.15, -0.1) is 0 Å². The second kappa shape index (κ2) is 7.97. The topological polar surface area (TPSA) is 42.0 Å². The zero-order chi connectivity index (χ0) is 16.8. The molecule has 1 amide bonds. The molecule has 1 N–H and O–H groups in total. The minimum Gasteiger partial charge on any atom is -0.355 e. The molecule has 1 heterocycles. The van der Waals surface area contributed by atoms with Crippen LogP contribution in [0.4, 0.5) is 0 Å². The van der Waals surface area contributed by atoms with Crippen LogP contribution in [-0.2, 0) is 4.79 Å². The van der Waals surface area contributed by atoms with Crippen molar-refractivity contribution >= 4 is 28.6 Å². The summed E-state index contributed by atoms with van der Waals surface area (Å²) in [6.07, 6.45) is 0. The van der Waals surface area contributed by atoms with Gasteiger partial charge < -0.3 is 5.32 Å². The van der Waals surface area contributed by atoms with Crippen molar-refractivity contribution in [2.24, 2.45) is 0 Å². The second-order valence-corrected chi connectivity index (χ2v) is 6.74. The number of nitrogens with one attached hydrogen (secondary N) is 1. The Labute approximate surface area is 146 Å². The van der Waals surface area contributed by atoms with Crippen LogP contribution < -0.4 is 5.32 Å². The first-order chi connectivity index (χ1) is 11.7. The number of pyridine rings is 1. The largest absolute Gasteiger partial charge is 0.355 e. The molecule has 3 rings (SSSR count). The molecule has 1 atom stereocenters. The van der Waals surface area contributed by atoms with Gasteiger partial charge in [-0.05, 0) is 23.6 Å². The molecule has 2 aromatic carbocycles. The standard InChI is InChI=1S/C20H20N2OS/c1-15(16-7-3-2-4-8-16)13-21-19(23)14-24-20-12-11-17-9-5-6-10-18(17)22-20/h2-12,15H,13-14H2,1H3,(H,21,23)/t15-/m0/s1. The van der Waals surface area contributed by atoms with Crippen LogP contribution in [0.15, 0.2) is 71.8 Å². The zero-order valence-corrected chi connectivity index (χ0v) is 14.4. The number of carbonyl (C=O) groups excluding carboxylic acids is 1. The molecule has 3 nitrogen and oxygen atoms in total. The molecule has 0 radical (unpaired) electrons. The number of amides is 1. The van der Waals surface area contributed by atoms with Crippen molar-refractivity contribution in [3.8, 4) is 0 Å². The highest BCUT2D eigenvalue weighted by atomic mass is 32.2. The number of benzene rings is 2. The Balaban J connectivity index is 1.49. The Bertz CT molecular complexity index is 820. The average Bonchev–Trinajstić information content (AvgIpc) is 2.65. The van der Waals surface area contributed by atoms with E-state index < -0.39 is 0 Å². The number of carbonyl (C=O) groups is 1. The highest BCUT2D eigenvalue weighted by Crippen LogP contribution is 2.20. The van der Waals surface area contributed by atoms with Gasteiger partial charge in [-0.3, -0.25) is 4.79 Å². The van der Waals surface area contributed by atoms with E-state index in [-0.39, 0.29) is 5.91 Å². The molecule has 0 bridgehead atoms. The molecule has 0 saturated heterocycles.